The quantitative estimate of drug-likeness (QED) is 0.781. The van der Waals surface area contributed by atoms with Crippen molar-refractivity contribution in [3.8, 4) is 0 Å². The minimum absolute atomic E-state index is 0.00847. The second kappa shape index (κ2) is 6.59. The van der Waals surface area contributed by atoms with Gasteiger partial charge in [-0.15, -0.1) is 11.6 Å². The van der Waals surface area contributed by atoms with Gasteiger partial charge in [0.2, 0.25) is 0 Å². The van der Waals surface area contributed by atoms with Gasteiger partial charge in [-0.05, 0) is 12.0 Å². The van der Waals surface area contributed by atoms with Gasteiger partial charge in [0.15, 0.2) is 0 Å². The summed E-state index contributed by atoms with van der Waals surface area (Å²) in [7, 11) is 0. The molecule has 4 heteroatoms. The van der Waals surface area contributed by atoms with Gasteiger partial charge in [0.25, 0.3) is 5.91 Å². The molecule has 1 atom stereocenters. The summed E-state index contributed by atoms with van der Waals surface area (Å²) in [6.45, 7) is 4.72. The highest BCUT2D eigenvalue weighted by Crippen LogP contribution is 2.17. The number of carbonyl (C=O) groups excluding carboxylic acids is 1. The van der Waals surface area contributed by atoms with Gasteiger partial charge in [0.05, 0.1) is 17.2 Å². The molecule has 1 rings (SSSR count). The van der Waals surface area contributed by atoms with Gasteiger partial charge in [-0.2, -0.15) is 0 Å². The van der Waals surface area contributed by atoms with Crippen molar-refractivity contribution < 1.29 is 9.21 Å². The lowest BCUT2D eigenvalue weighted by Gasteiger charge is -2.19. The van der Waals surface area contributed by atoms with Crippen LogP contribution in [0.1, 0.15) is 37.0 Å². The molecule has 16 heavy (non-hydrogen) atoms. The third-order valence-electron chi connectivity index (χ3n) is 2.80. The van der Waals surface area contributed by atoms with E-state index in [1.54, 1.807) is 6.07 Å². The maximum absolute atomic E-state index is 11.6. The third kappa shape index (κ3) is 3.56. The first kappa shape index (κ1) is 13.1. The van der Waals surface area contributed by atoms with E-state index in [-0.39, 0.29) is 11.3 Å². The Morgan fingerprint density at radius 2 is 2.19 bits per heavy atom. The van der Waals surface area contributed by atoms with Crippen LogP contribution in [-0.2, 0) is 0 Å². The molecule has 0 spiro atoms. The zero-order chi connectivity index (χ0) is 12.0. The van der Waals surface area contributed by atoms with Crippen molar-refractivity contribution >= 4 is 17.5 Å². The first-order chi connectivity index (χ1) is 7.69. The van der Waals surface area contributed by atoms with E-state index in [0.29, 0.717) is 18.0 Å². The third-order valence-corrected chi connectivity index (χ3v) is 3.31. The van der Waals surface area contributed by atoms with Gasteiger partial charge >= 0.3 is 0 Å². The Morgan fingerprint density at radius 1 is 1.50 bits per heavy atom. The van der Waals surface area contributed by atoms with Crippen LogP contribution in [0.2, 0.25) is 0 Å². The topological polar surface area (TPSA) is 42.2 Å². The molecule has 0 saturated carbocycles. The fourth-order valence-electron chi connectivity index (χ4n) is 1.65. The Balaban J connectivity index is 2.37. The average molecular weight is 244 g/mol. The number of halogens is 1. The summed E-state index contributed by atoms with van der Waals surface area (Å²) in [5.41, 5.74) is 0.536. The number of hydrogen-bond acceptors (Lipinski definition) is 2. The Kier molecular flexibility index (Phi) is 5.39. The number of carbonyl (C=O) groups is 1. The van der Waals surface area contributed by atoms with Gasteiger partial charge in [0.1, 0.15) is 6.26 Å². The molecule has 1 N–H and O–H groups in total. The van der Waals surface area contributed by atoms with Gasteiger partial charge in [-0.25, -0.2) is 0 Å². The summed E-state index contributed by atoms with van der Waals surface area (Å²) in [5, 5.41) is 2.79. The Hall–Kier alpha value is -0.960. The molecule has 0 radical (unpaired) electrons. The normalized spacial score (nSPS) is 12.8. The molecule has 0 bridgehead atoms. The van der Waals surface area contributed by atoms with Crippen molar-refractivity contribution in [2.75, 3.05) is 6.54 Å². The minimum Gasteiger partial charge on any atom is -0.472 e. The van der Waals surface area contributed by atoms with E-state index in [0.717, 1.165) is 12.8 Å². The van der Waals surface area contributed by atoms with Gasteiger partial charge in [-0.3, -0.25) is 4.79 Å². The van der Waals surface area contributed by atoms with Crippen molar-refractivity contribution in [1.82, 2.24) is 5.32 Å². The summed E-state index contributed by atoms with van der Waals surface area (Å²) >= 11 is 6.21. The van der Waals surface area contributed by atoms with E-state index in [2.05, 4.69) is 19.2 Å². The smallest absolute Gasteiger partial charge is 0.254 e. The molecular formula is C12H18ClNO2. The lowest BCUT2D eigenvalue weighted by Crippen LogP contribution is -2.32. The van der Waals surface area contributed by atoms with E-state index < -0.39 is 0 Å². The maximum atomic E-state index is 11.6. The van der Waals surface area contributed by atoms with Gasteiger partial charge in [0, 0.05) is 6.54 Å². The molecule has 0 saturated heterocycles. The van der Waals surface area contributed by atoms with Crippen LogP contribution < -0.4 is 5.32 Å². The lowest BCUT2D eigenvalue weighted by molar-refractivity contribution is 0.0951. The number of rotatable bonds is 6. The molecule has 0 fully saturated rings. The summed E-state index contributed by atoms with van der Waals surface area (Å²) in [6, 6.07) is 1.63. The van der Waals surface area contributed by atoms with Crippen LogP contribution in [0, 0.1) is 5.92 Å². The monoisotopic (exact) mass is 243 g/mol. The standard InChI is InChI=1S/C12H18ClNO2/c1-3-9(4-2)11(13)7-14-12(15)10-5-6-16-8-10/h5-6,8-9,11H,3-4,7H2,1-2H3,(H,14,15). The van der Waals surface area contributed by atoms with Crippen LogP contribution in [0.3, 0.4) is 0 Å². The van der Waals surface area contributed by atoms with Crippen molar-refractivity contribution in [3.05, 3.63) is 24.2 Å². The number of furan rings is 1. The molecule has 0 aliphatic rings. The number of alkyl halides is 1. The second-order valence-electron chi connectivity index (χ2n) is 3.81. The molecule has 0 aliphatic carbocycles. The number of hydrogen-bond donors (Lipinski definition) is 1. The summed E-state index contributed by atoms with van der Waals surface area (Å²) in [6.07, 6.45) is 4.97. The van der Waals surface area contributed by atoms with Crippen molar-refractivity contribution in [3.63, 3.8) is 0 Å². The molecular weight excluding hydrogens is 226 g/mol. The van der Waals surface area contributed by atoms with E-state index in [4.69, 9.17) is 16.0 Å². The Bertz CT molecular complexity index is 307. The van der Waals surface area contributed by atoms with E-state index in [1.807, 2.05) is 0 Å². The molecule has 1 heterocycles. The van der Waals surface area contributed by atoms with Crippen LogP contribution in [0.15, 0.2) is 23.0 Å². The SMILES string of the molecule is CCC(CC)C(Cl)CNC(=O)c1ccoc1. The molecule has 0 aromatic carbocycles. The second-order valence-corrected chi connectivity index (χ2v) is 4.38. The first-order valence-corrected chi connectivity index (χ1v) is 6.07. The van der Waals surface area contributed by atoms with Gasteiger partial charge in [-0.1, -0.05) is 26.7 Å². The lowest BCUT2D eigenvalue weighted by atomic mass is 9.99. The Labute approximate surface area is 101 Å². The van der Waals surface area contributed by atoms with Crippen LogP contribution in [-0.4, -0.2) is 17.8 Å². The molecule has 3 nitrogen and oxygen atoms in total. The van der Waals surface area contributed by atoms with E-state index >= 15 is 0 Å². The largest absolute Gasteiger partial charge is 0.472 e. The van der Waals surface area contributed by atoms with Crippen molar-refractivity contribution in [1.29, 1.82) is 0 Å². The zero-order valence-electron chi connectivity index (χ0n) is 9.70. The highest BCUT2D eigenvalue weighted by Gasteiger charge is 2.17. The van der Waals surface area contributed by atoms with E-state index in [9.17, 15) is 4.79 Å². The minimum atomic E-state index is -0.134. The molecule has 0 aliphatic heterocycles. The molecule has 90 valence electrons. The van der Waals surface area contributed by atoms with E-state index in [1.165, 1.54) is 12.5 Å². The number of amides is 1. The Morgan fingerprint density at radius 3 is 2.69 bits per heavy atom. The summed E-state index contributed by atoms with van der Waals surface area (Å²) in [4.78, 5) is 11.6. The average Bonchev–Trinajstić information content (AvgIpc) is 2.81. The predicted molar refractivity (Wildman–Crippen MR) is 64.8 cm³/mol. The van der Waals surface area contributed by atoms with Crippen LogP contribution >= 0.6 is 11.6 Å². The highest BCUT2D eigenvalue weighted by atomic mass is 35.5. The maximum Gasteiger partial charge on any atom is 0.254 e. The van der Waals surface area contributed by atoms with Crippen molar-refractivity contribution in [2.24, 2.45) is 5.92 Å². The van der Waals surface area contributed by atoms with Crippen LogP contribution in [0.25, 0.3) is 0 Å². The van der Waals surface area contributed by atoms with Crippen molar-refractivity contribution in [2.45, 2.75) is 32.1 Å². The summed E-state index contributed by atoms with van der Waals surface area (Å²) in [5.74, 6) is 0.316. The molecule has 1 amide bonds. The number of nitrogens with one attached hydrogen (secondary N) is 1. The molecule has 1 unspecified atom stereocenters. The van der Waals surface area contributed by atoms with Gasteiger partial charge < -0.3 is 9.73 Å². The first-order valence-electron chi connectivity index (χ1n) is 5.63. The highest BCUT2D eigenvalue weighted by molar-refractivity contribution is 6.21. The summed E-state index contributed by atoms with van der Waals surface area (Å²) < 4.78 is 4.84. The molecule has 1 aromatic rings. The predicted octanol–water partition coefficient (Wildman–Crippen LogP) is 3.05. The molecule has 1 aromatic heterocycles. The fourth-order valence-corrected chi connectivity index (χ4v) is 2.09. The fraction of sp³-hybridized carbons (Fsp3) is 0.583. The zero-order valence-corrected chi connectivity index (χ0v) is 10.5. The van der Waals surface area contributed by atoms with Crippen LogP contribution in [0.4, 0.5) is 0 Å². The van der Waals surface area contributed by atoms with Crippen LogP contribution in [0.5, 0.6) is 0 Å².